The first-order valence-electron chi connectivity index (χ1n) is 4.89. The highest BCUT2D eigenvalue weighted by atomic mass is 16.4. The Morgan fingerprint density at radius 1 is 1.25 bits per heavy atom. The molecule has 0 saturated carbocycles. The molecular formula is C14H14O2. The Kier molecular flexibility index (Phi) is 3.84. The predicted molar refractivity (Wildman–Crippen MR) is 67.9 cm³/mol. The molecule has 1 aromatic rings. The van der Waals surface area contributed by atoms with Crippen molar-refractivity contribution in [2.75, 3.05) is 0 Å². The first kappa shape index (κ1) is 12.0. The summed E-state index contributed by atoms with van der Waals surface area (Å²) in [7, 11) is 0. The molecule has 1 rings (SSSR count). The Labute approximate surface area is 95.2 Å². The van der Waals surface area contributed by atoms with Gasteiger partial charge < -0.3 is 5.11 Å². The average molecular weight is 214 g/mol. The Balaban J connectivity index is 3.34. The maximum Gasteiger partial charge on any atom is 0.331 e. The smallest absolute Gasteiger partial charge is 0.331 e. The van der Waals surface area contributed by atoms with E-state index in [0.29, 0.717) is 5.57 Å². The Morgan fingerprint density at radius 2 is 1.88 bits per heavy atom. The molecule has 0 fully saturated rings. The molecule has 0 radical (unpaired) electrons. The summed E-state index contributed by atoms with van der Waals surface area (Å²) in [5, 5.41) is 8.82. The number of hydrogen-bond acceptors (Lipinski definition) is 1. The molecule has 16 heavy (non-hydrogen) atoms. The second kappa shape index (κ2) is 5.12. The zero-order valence-corrected chi connectivity index (χ0v) is 9.23. The average Bonchev–Trinajstić information content (AvgIpc) is 2.28. The van der Waals surface area contributed by atoms with E-state index < -0.39 is 5.97 Å². The van der Waals surface area contributed by atoms with Crippen molar-refractivity contribution in [3.05, 3.63) is 53.6 Å². The van der Waals surface area contributed by atoms with Crippen LogP contribution in [0.3, 0.4) is 0 Å². The molecule has 0 aliphatic carbocycles. The molecule has 2 heteroatoms. The van der Waals surface area contributed by atoms with Crippen LogP contribution in [0.15, 0.2) is 36.9 Å². The van der Waals surface area contributed by atoms with Crippen LogP contribution in [0.25, 0.3) is 18.2 Å². The normalized spacial score (nSPS) is 10.9. The zero-order valence-electron chi connectivity index (χ0n) is 9.23. The van der Waals surface area contributed by atoms with Crippen molar-refractivity contribution < 1.29 is 9.90 Å². The lowest BCUT2D eigenvalue weighted by molar-refractivity contribution is -0.132. The van der Waals surface area contributed by atoms with Crippen molar-refractivity contribution in [2.24, 2.45) is 0 Å². The molecule has 1 N–H and O–H groups in total. The molecule has 0 aliphatic heterocycles. The Hall–Kier alpha value is -2.09. The highest BCUT2D eigenvalue weighted by Gasteiger charge is 2.04. The number of benzene rings is 1. The molecule has 2 nitrogen and oxygen atoms in total. The van der Waals surface area contributed by atoms with E-state index in [-0.39, 0.29) is 0 Å². The molecule has 0 amide bonds. The highest BCUT2D eigenvalue weighted by Crippen LogP contribution is 2.20. The Morgan fingerprint density at radius 3 is 2.38 bits per heavy atom. The van der Waals surface area contributed by atoms with Crippen molar-refractivity contribution in [1.29, 1.82) is 0 Å². The summed E-state index contributed by atoms with van der Waals surface area (Å²) in [5.41, 5.74) is 2.98. The van der Waals surface area contributed by atoms with E-state index in [1.807, 2.05) is 18.2 Å². The van der Waals surface area contributed by atoms with E-state index in [2.05, 4.69) is 13.2 Å². The fraction of sp³-hybridized carbons (Fsp3) is 0.0714. The van der Waals surface area contributed by atoms with E-state index in [4.69, 9.17) is 5.11 Å². The van der Waals surface area contributed by atoms with Gasteiger partial charge in [-0.3, -0.25) is 0 Å². The van der Waals surface area contributed by atoms with Crippen LogP contribution in [-0.2, 0) is 4.79 Å². The number of carboxylic acid groups (broad SMARTS) is 1. The first-order valence-corrected chi connectivity index (χ1v) is 4.89. The summed E-state index contributed by atoms with van der Waals surface area (Å²) in [5.74, 6) is -0.918. The first-order chi connectivity index (χ1) is 7.60. The monoisotopic (exact) mass is 214 g/mol. The van der Waals surface area contributed by atoms with Gasteiger partial charge in [0.15, 0.2) is 0 Å². The van der Waals surface area contributed by atoms with Gasteiger partial charge in [-0.25, -0.2) is 4.79 Å². The molecule has 0 spiro atoms. The molecule has 0 unspecified atom stereocenters. The van der Waals surface area contributed by atoms with Crippen molar-refractivity contribution in [1.82, 2.24) is 0 Å². The second-order valence-electron chi connectivity index (χ2n) is 3.39. The number of carboxylic acids is 1. The van der Waals surface area contributed by atoms with Crippen LogP contribution in [0.2, 0.25) is 0 Å². The van der Waals surface area contributed by atoms with Gasteiger partial charge in [0.2, 0.25) is 0 Å². The van der Waals surface area contributed by atoms with Gasteiger partial charge in [0.25, 0.3) is 0 Å². The maximum absolute atomic E-state index is 10.7. The predicted octanol–water partition coefficient (Wildman–Crippen LogP) is 3.46. The van der Waals surface area contributed by atoms with Crippen LogP contribution < -0.4 is 0 Å². The van der Waals surface area contributed by atoms with Crippen molar-refractivity contribution in [3.8, 4) is 0 Å². The van der Waals surface area contributed by atoms with Gasteiger partial charge in [0, 0.05) is 5.57 Å². The summed E-state index contributed by atoms with van der Waals surface area (Å²) < 4.78 is 0. The summed E-state index contributed by atoms with van der Waals surface area (Å²) in [6.07, 6.45) is 5.06. The van der Waals surface area contributed by atoms with Gasteiger partial charge in [0.1, 0.15) is 0 Å². The van der Waals surface area contributed by atoms with Crippen LogP contribution in [0.1, 0.15) is 23.6 Å². The van der Waals surface area contributed by atoms with Gasteiger partial charge in [-0.2, -0.15) is 0 Å². The van der Waals surface area contributed by atoms with Crippen LogP contribution in [0.5, 0.6) is 0 Å². The molecule has 0 heterocycles. The Bertz CT molecular complexity index is 468. The second-order valence-corrected chi connectivity index (χ2v) is 3.39. The number of hydrogen-bond donors (Lipinski definition) is 1. The van der Waals surface area contributed by atoms with E-state index in [9.17, 15) is 4.79 Å². The number of carbonyl (C=O) groups is 1. The van der Waals surface area contributed by atoms with Gasteiger partial charge in [-0.15, -0.1) is 0 Å². The van der Waals surface area contributed by atoms with Gasteiger partial charge in [-0.1, -0.05) is 43.5 Å². The van der Waals surface area contributed by atoms with Gasteiger partial charge >= 0.3 is 5.97 Å². The molecule has 82 valence electrons. The number of rotatable bonds is 4. The summed E-state index contributed by atoms with van der Waals surface area (Å²) in [6.45, 7) is 9.00. The molecule has 0 aliphatic rings. The minimum absolute atomic E-state index is 0.296. The SMILES string of the molecule is C=Cc1cccc(C=C(C)C(=O)O)c1C=C. The van der Waals surface area contributed by atoms with Gasteiger partial charge in [0.05, 0.1) is 0 Å². The standard InChI is InChI=1S/C14H14O2/c1-4-11-7-6-8-12(13(11)5-2)9-10(3)14(15)16/h4-9H,1-2H2,3H3,(H,15,16). The fourth-order valence-corrected chi connectivity index (χ4v) is 1.44. The van der Waals surface area contributed by atoms with E-state index >= 15 is 0 Å². The molecular weight excluding hydrogens is 200 g/mol. The van der Waals surface area contributed by atoms with E-state index in [0.717, 1.165) is 16.7 Å². The third-order valence-electron chi connectivity index (χ3n) is 2.31. The molecule has 0 bridgehead atoms. The van der Waals surface area contributed by atoms with Crippen LogP contribution in [0.4, 0.5) is 0 Å². The third kappa shape index (κ3) is 2.48. The highest BCUT2D eigenvalue weighted by molar-refractivity contribution is 5.92. The summed E-state index contributed by atoms with van der Waals surface area (Å²) >= 11 is 0. The van der Waals surface area contributed by atoms with Crippen LogP contribution in [-0.4, -0.2) is 11.1 Å². The van der Waals surface area contributed by atoms with E-state index in [1.54, 1.807) is 25.2 Å². The summed E-state index contributed by atoms with van der Waals surface area (Å²) in [4.78, 5) is 10.7. The molecule has 0 saturated heterocycles. The molecule has 0 aromatic heterocycles. The van der Waals surface area contributed by atoms with Gasteiger partial charge in [-0.05, 0) is 29.7 Å². The lowest BCUT2D eigenvalue weighted by atomic mass is 9.99. The minimum atomic E-state index is -0.918. The van der Waals surface area contributed by atoms with Crippen LogP contribution in [0, 0.1) is 0 Å². The lowest BCUT2D eigenvalue weighted by Gasteiger charge is -2.05. The number of aliphatic carboxylic acids is 1. The topological polar surface area (TPSA) is 37.3 Å². The maximum atomic E-state index is 10.7. The van der Waals surface area contributed by atoms with Crippen molar-refractivity contribution >= 4 is 24.2 Å². The van der Waals surface area contributed by atoms with E-state index in [1.165, 1.54) is 0 Å². The fourth-order valence-electron chi connectivity index (χ4n) is 1.44. The van der Waals surface area contributed by atoms with Crippen LogP contribution >= 0.6 is 0 Å². The molecule has 1 aromatic carbocycles. The van der Waals surface area contributed by atoms with Crippen molar-refractivity contribution in [3.63, 3.8) is 0 Å². The minimum Gasteiger partial charge on any atom is -0.478 e. The lowest BCUT2D eigenvalue weighted by Crippen LogP contribution is -1.96. The quantitative estimate of drug-likeness (QED) is 0.779. The zero-order chi connectivity index (χ0) is 12.1. The molecule has 0 atom stereocenters. The largest absolute Gasteiger partial charge is 0.478 e. The van der Waals surface area contributed by atoms with Crippen molar-refractivity contribution in [2.45, 2.75) is 6.92 Å². The summed E-state index contributed by atoms with van der Waals surface area (Å²) in [6, 6.07) is 5.64. The third-order valence-corrected chi connectivity index (χ3v) is 2.31.